The van der Waals surface area contributed by atoms with E-state index in [-0.39, 0.29) is 17.5 Å². The molecule has 0 aliphatic rings. The van der Waals surface area contributed by atoms with Gasteiger partial charge in [-0.2, -0.15) is 0 Å². The third-order valence-corrected chi connectivity index (χ3v) is 2.67. The lowest BCUT2D eigenvalue weighted by Crippen LogP contribution is -2.10. The fourth-order valence-corrected chi connectivity index (χ4v) is 1.68. The third-order valence-electron chi connectivity index (χ3n) is 2.35. The number of aromatic nitrogens is 2. The van der Waals surface area contributed by atoms with E-state index in [1.807, 2.05) is 6.92 Å². The van der Waals surface area contributed by atoms with E-state index in [9.17, 15) is 4.39 Å². The van der Waals surface area contributed by atoms with E-state index in [4.69, 9.17) is 11.6 Å². The highest BCUT2D eigenvalue weighted by Gasteiger charge is 2.12. The Balaban J connectivity index is 2.22. The molecule has 1 atom stereocenters. The monoisotopic (exact) mass is 251 g/mol. The van der Waals surface area contributed by atoms with E-state index < -0.39 is 0 Å². The molecule has 2 rings (SSSR count). The molecular formula is C12H11ClFN3. The van der Waals surface area contributed by atoms with E-state index in [0.29, 0.717) is 5.02 Å². The summed E-state index contributed by atoms with van der Waals surface area (Å²) in [7, 11) is 0. The molecule has 0 radical (unpaired) electrons. The summed E-state index contributed by atoms with van der Waals surface area (Å²) in [6.07, 6.45) is 4.81. The maximum atomic E-state index is 13.5. The lowest BCUT2D eigenvalue weighted by molar-refractivity contribution is 0.627. The van der Waals surface area contributed by atoms with Crippen molar-refractivity contribution in [1.82, 2.24) is 9.97 Å². The van der Waals surface area contributed by atoms with E-state index in [1.54, 1.807) is 30.7 Å². The van der Waals surface area contributed by atoms with Gasteiger partial charge in [0.1, 0.15) is 5.82 Å². The minimum absolute atomic E-state index is 0.168. The molecule has 88 valence electrons. The van der Waals surface area contributed by atoms with Crippen molar-refractivity contribution >= 4 is 17.3 Å². The molecular weight excluding hydrogens is 241 g/mol. The van der Waals surface area contributed by atoms with Gasteiger partial charge in [0.05, 0.1) is 28.6 Å². The van der Waals surface area contributed by atoms with Crippen molar-refractivity contribution in [3.05, 3.63) is 53.3 Å². The summed E-state index contributed by atoms with van der Waals surface area (Å²) in [6, 6.07) is 4.39. The van der Waals surface area contributed by atoms with E-state index in [1.165, 1.54) is 6.07 Å². The molecule has 0 saturated carbocycles. The Labute approximate surface area is 104 Å². The Morgan fingerprint density at radius 2 is 2.18 bits per heavy atom. The fraction of sp³-hybridized carbons (Fsp3) is 0.167. The topological polar surface area (TPSA) is 37.8 Å². The van der Waals surface area contributed by atoms with Crippen molar-refractivity contribution < 1.29 is 4.39 Å². The normalized spacial score (nSPS) is 12.2. The first-order valence-electron chi connectivity index (χ1n) is 5.15. The van der Waals surface area contributed by atoms with Gasteiger partial charge in [-0.15, -0.1) is 0 Å². The zero-order valence-corrected chi connectivity index (χ0v) is 9.95. The van der Waals surface area contributed by atoms with Gasteiger partial charge in [-0.25, -0.2) is 4.39 Å². The summed E-state index contributed by atoms with van der Waals surface area (Å²) in [6.45, 7) is 1.87. The Hall–Kier alpha value is -1.68. The molecule has 5 heteroatoms. The molecule has 0 aliphatic heterocycles. The van der Waals surface area contributed by atoms with Crippen LogP contribution in [0.5, 0.6) is 0 Å². The number of anilines is 1. The molecule has 2 aromatic rings. The molecule has 0 amide bonds. The molecule has 17 heavy (non-hydrogen) atoms. The second-order valence-electron chi connectivity index (χ2n) is 3.59. The maximum Gasteiger partial charge on any atom is 0.147 e. The van der Waals surface area contributed by atoms with Crippen LogP contribution in [0.1, 0.15) is 18.7 Å². The summed E-state index contributed by atoms with van der Waals surface area (Å²) in [5.74, 6) is -0.381. The second kappa shape index (κ2) is 5.10. The summed E-state index contributed by atoms with van der Waals surface area (Å²) < 4.78 is 13.5. The highest BCUT2D eigenvalue weighted by atomic mass is 35.5. The molecule has 3 nitrogen and oxygen atoms in total. The van der Waals surface area contributed by atoms with Gasteiger partial charge >= 0.3 is 0 Å². The maximum absolute atomic E-state index is 13.5. The molecule has 0 spiro atoms. The van der Waals surface area contributed by atoms with Gasteiger partial charge in [0.15, 0.2) is 0 Å². The number of nitrogens with one attached hydrogen (secondary N) is 1. The first-order valence-corrected chi connectivity index (χ1v) is 5.52. The molecule has 0 aliphatic carbocycles. The summed E-state index contributed by atoms with van der Waals surface area (Å²) >= 11 is 5.92. The van der Waals surface area contributed by atoms with Crippen molar-refractivity contribution in [3.63, 3.8) is 0 Å². The first-order chi connectivity index (χ1) is 8.18. The fourth-order valence-electron chi connectivity index (χ4n) is 1.46. The molecule has 0 fully saturated rings. The number of para-hydroxylation sites is 1. The predicted molar refractivity (Wildman–Crippen MR) is 65.5 cm³/mol. The van der Waals surface area contributed by atoms with Crippen LogP contribution in [0.2, 0.25) is 5.02 Å². The van der Waals surface area contributed by atoms with E-state index >= 15 is 0 Å². The van der Waals surface area contributed by atoms with Crippen molar-refractivity contribution in [2.24, 2.45) is 0 Å². The quantitative estimate of drug-likeness (QED) is 0.908. The van der Waals surface area contributed by atoms with Crippen LogP contribution in [-0.4, -0.2) is 9.97 Å². The zero-order chi connectivity index (χ0) is 12.3. The van der Waals surface area contributed by atoms with Crippen molar-refractivity contribution in [1.29, 1.82) is 0 Å². The molecule has 1 aromatic heterocycles. The Morgan fingerprint density at radius 1 is 1.35 bits per heavy atom. The van der Waals surface area contributed by atoms with Gasteiger partial charge in [0.25, 0.3) is 0 Å². The molecule has 0 saturated heterocycles. The van der Waals surface area contributed by atoms with Crippen LogP contribution in [0.3, 0.4) is 0 Å². The number of rotatable bonds is 3. The molecule has 1 unspecified atom stereocenters. The van der Waals surface area contributed by atoms with Crippen LogP contribution in [0.15, 0.2) is 36.8 Å². The number of hydrogen-bond acceptors (Lipinski definition) is 3. The molecule has 1 heterocycles. The van der Waals surface area contributed by atoms with Gasteiger partial charge in [-0.05, 0) is 19.1 Å². The summed E-state index contributed by atoms with van der Waals surface area (Å²) in [5, 5.41) is 3.33. The van der Waals surface area contributed by atoms with Gasteiger partial charge in [0, 0.05) is 12.4 Å². The highest BCUT2D eigenvalue weighted by Crippen LogP contribution is 2.27. The van der Waals surface area contributed by atoms with Gasteiger partial charge in [-0.1, -0.05) is 17.7 Å². The number of halogens is 2. The van der Waals surface area contributed by atoms with Gasteiger partial charge in [0.2, 0.25) is 0 Å². The number of hydrogen-bond donors (Lipinski definition) is 1. The standard InChI is InChI=1S/C12H11ClFN3/c1-8(11-7-15-5-6-16-11)17-12-9(13)3-2-4-10(12)14/h2-8,17H,1H3. The average molecular weight is 252 g/mol. The lowest BCUT2D eigenvalue weighted by Gasteiger charge is -2.15. The Morgan fingerprint density at radius 3 is 2.82 bits per heavy atom. The highest BCUT2D eigenvalue weighted by molar-refractivity contribution is 6.33. The van der Waals surface area contributed by atoms with Crippen LogP contribution in [0.4, 0.5) is 10.1 Å². The van der Waals surface area contributed by atoms with E-state index in [0.717, 1.165) is 5.69 Å². The van der Waals surface area contributed by atoms with Crippen LogP contribution in [-0.2, 0) is 0 Å². The SMILES string of the molecule is CC(Nc1c(F)cccc1Cl)c1cnccn1. The molecule has 1 aromatic carbocycles. The van der Waals surface area contributed by atoms with E-state index in [2.05, 4.69) is 15.3 Å². The summed E-state index contributed by atoms with van der Waals surface area (Å²) in [5.41, 5.74) is 1.01. The van der Waals surface area contributed by atoms with Gasteiger partial charge in [-0.3, -0.25) is 9.97 Å². The summed E-state index contributed by atoms with van der Waals surface area (Å²) in [4.78, 5) is 8.11. The minimum atomic E-state index is -0.381. The lowest BCUT2D eigenvalue weighted by atomic mass is 10.2. The van der Waals surface area contributed by atoms with Crippen LogP contribution in [0, 0.1) is 5.82 Å². The number of nitrogens with zero attached hydrogens (tertiary/aromatic N) is 2. The van der Waals surface area contributed by atoms with Crippen molar-refractivity contribution in [2.75, 3.05) is 5.32 Å². The van der Waals surface area contributed by atoms with Gasteiger partial charge < -0.3 is 5.32 Å². The number of benzene rings is 1. The molecule has 0 bridgehead atoms. The average Bonchev–Trinajstić information content (AvgIpc) is 2.35. The van der Waals surface area contributed by atoms with Crippen molar-refractivity contribution in [2.45, 2.75) is 13.0 Å². The van der Waals surface area contributed by atoms with Crippen LogP contribution < -0.4 is 5.32 Å². The molecule has 1 N–H and O–H groups in total. The Kier molecular flexibility index (Phi) is 3.54. The smallest absolute Gasteiger partial charge is 0.147 e. The Bertz CT molecular complexity index is 484. The van der Waals surface area contributed by atoms with Crippen LogP contribution >= 0.6 is 11.6 Å². The largest absolute Gasteiger partial charge is 0.373 e. The first kappa shape index (κ1) is 11.8. The zero-order valence-electron chi connectivity index (χ0n) is 9.19. The van der Waals surface area contributed by atoms with Crippen LogP contribution in [0.25, 0.3) is 0 Å². The predicted octanol–water partition coefficient (Wildman–Crippen LogP) is 3.44. The second-order valence-corrected chi connectivity index (χ2v) is 4.00. The van der Waals surface area contributed by atoms with Crippen molar-refractivity contribution in [3.8, 4) is 0 Å². The third kappa shape index (κ3) is 2.71. The minimum Gasteiger partial charge on any atom is -0.373 e.